The lowest BCUT2D eigenvalue weighted by Crippen LogP contribution is -2.41. The Morgan fingerprint density at radius 1 is 1.27 bits per heavy atom. The first-order chi connectivity index (χ1) is 10.1. The van der Waals surface area contributed by atoms with Crippen LogP contribution in [0.3, 0.4) is 0 Å². The second-order valence-electron chi connectivity index (χ2n) is 5.48. The van der Waals surface area contributed by atoms with E-state index in [4.69, 9.17) is 0 Å². The van der Waals surface area contributed by atoms with Crippen LogP contribution in [0.15, 0.2) is 11.4 Å². The van der Waals surface area contributed by atoms with Gasteiger partial charge in [0.15, 0.2) is 0 Å². The molecule has 9 heteroatoms. The van der Waals surface area contributed by atoms with Gasteiger partial charge in [0.2, 0.25) is 10.0 Å². The molecule has 0 unspecified atom stereocenters. The Balaban J connectivity index is 1.99. The summed E-state index contributed by atoms with van der Waals surface area (Å²) in [5.41, 5.74) is 0.846. The van der Waals surface area contributed by atoms with Gasteiger partial charge in [0.05, 0.1) is 16.0 Å². The second-order valence-corrected chi connectivity index (χ2v) is 8.35. The van der Waals surface area contributed by atoms with Gasteiger partial charge in [-0.3, -0.25) is 4.79 Å². The molecule has 124 valence electrons. The maximum atomic E-state index is 12.6. The van der Waals surface area contributed by atoms with E-state index >= 15 is 0 Å². The fraction of sp³-hybridized carbons (Fsp3) is 0.615. The molecule has 1 heterocycles. The quantitative estimate of drug-likeness (QED) is 0.905. The molecule has 0 bridgehead atoms. The van der Waals surface area contributed by atoms with Gasteiger partial charge in [-0.2, -0.15) is 13.2 Å². The summed E-state index contributed by atoms with van der Waals surface area (Å²) < 4.78 is 64.0. The maximum Gasteiger partial charge on any atom is 0.391 e. The average Bonchev–Trinajstić information content (AvgIpc) is 2.84. The van der Waals surface area contributed by atoms with Crippen molar-refractivity contribution >= 4 is 27.3 Å². The first kappa shape index (κ1) is 17.3. The number of carbonyl (C=O) groups excluding carboxylic acids is 1. The molecule has 1 fully saturated rings. The summed E-state index contributed by atoms with van der Waals surface area (Å²) in [6.45, 7) is 1.78. The first-order valence-corrected chi connectivity index (χ1v) is 9.20. The van der Waals surface area contributed by atoms with Gasteiger partial charge in [-0.15, -0.1) is 11.3 Å². The minimum atomic E-state index is -4.29. The van der Waals surface area contributed by atoms with E-state index in [-0.39, 0.29) is 30.6 Å². The summed E-state index contributed by atoms with van der Waals surface area (Å²) in [5, 5.41) is 0.770. The van der Waals surface area contributed by atoms with Gasteiger partial charge >= 0.3 is 6.18 Å². The normalized spacial score (nSPS) is 23.3. The Morgan fingerprint density at radius 3 is 2.32 bits per heavy atom. The van der Waals surface area contributed by atoms with Gasteiger partial charge in [0.1, 0.15) is 0 Å². The minimum absolute atomic E-state index is 0.0870. The van der Waals surface area contributed by atoms with E-state index in [1.54, 1.807) is 18.4 Å². The molecule has 0 radical (unpaired) electrons. The molecule has 1 saturated carbocycles. The molecule has 1 amide bonds. The zero-order valence-corrected chi connectivity index (χ0v) is 13.4. The summed E-state index contributed by atoms with van der Waals surface area (Å²) >= 11 is 1.12. The van der Waals surface area contributed by atoms with E-state index in [9.17, 15) is 26.4 Å². The molecular weight excluding hydrogens is 339 g/mol. The number of alkyl halides is 3. The van der Waals surface area contributed by atoms with Crippen LogP contribution in [0, 0.1) is 12.8 Å². The number of thiophene rings is 1. The third-order valence-electron chi connectivity index (χ3n) is 3.77. The highest BCUT2D eigenvalue weighted by Crippen LogP contribution is 2.39. The zero-order chi connectivity index (χ0) is 16.5. The minimum Gasteiger partial charge on any atom is -0.267 e. The standard InChI is InChI=1S/C13H16F3NO3S2/c1-8-6-11(21-7-8)12(18)17-22(19,20)10-4-2-9(3-5-10)13(14,15)16/h6-7,9-10H,2-5H2,1H3,(H,17,18). The van der Waals surface area contributed by atoms with Crippen molar-refractivity contribution in [3.63, 3.8) is 0 Å². The van der Waals surface area contributed by atoms with Crippen LogP contribution in [0.4, 0.5) is 13.2 Å². The predicted octanol–water partition coefficient (Wildman–Crippen LogP) is 3.24. The van der Waals surface area contributed by atoms with Gasteiger partial charge in [-0.1, -0.05) is 0 Å². The molecular formula is C13H16F3NO3S2. The maximum absolute atomic E-state index is 12.6. The molecule has 0 saturated heterocycles. The largest absolute Gasteiger partial charge is 0.391 e. The van der Waals surface area contributed by atoms with Crippen molar-refractivity contribution in [1.82, 2.24) is 4.72 Å². The first-order valence-electron chi connectivity index (χ1n) is 6.77. The third-order valence-corrected chi connectivity index (χ3v) is 6.63. The topological polar surface area (TPSA) is 63.2 Å². The molecule has 1 aromatic heterocycles. The molecule has 1 N–H and O–H groups in total. The van der Waals surface area contributed by atoms with Gasteiger partial charge in [0, 0.05) is 0 Å². The van der Waals surface area contributed by atoms with E-state index < -0.39 is 33.3 Å². The van der Waals surface area contributed by atoms with Crippen LogP contribution in [0.25, 0.3) is 0 Å². The Morgan fingerprint density at radius 2 is 1.86 bits per heavy atom. The number of halogens is 3. The van der Waals surface area contributed by atoms with Crippen molar-refractivity contribution in [2.45, 2.75) is 44.0 Å². The number of aryl methyl sites for hydroxylation is 1. The van der Waals surface area contributed by atoms with Crippen LogP contribution in [-0.4, -0.2) is 25.8 Å². The van der Waals surface area contributed by atoms with Gasteiger partial charge in [-0.05, 0) is 49.6 Å². The van der Waals surface area contributed by atoms with E-state index in [2.05, 4.69) is 0 Å². The fourth-order valence-electron chi connectivity index (χ4n) is 2.51. The molecule has 1 aliphatic carbocycles. The lowest BCUT2D eigenvalue weighted by molar-refractivity contribution is -0.181. The van der Waals surface area contributed by atoms with Crippen molar-refractivity contribution in [3.05, 3.63) is 21.9 Å². The van der Waals surface area contributed by atoms with Crippen molar-refractivity contribution in [1.29, 1.82) is 0 Å². The number of hydrogen-bond acceptors (Lipinski definition) is 4. The van der Waals surface area contributed by atoms with Crippen LogP contribution in [0.5, 0.6) is 0 Å². The predicted molar refractivity (Wildman–Crippen MR) is 77.2 cm³/mol. The van der Waals surface area contributed by atoms with Crippen LogP contribution in [-0.2, 0) is 10.0 Å². The van der Waals surface area contributed by atoms with Gasteiger partial charge in [-0.25, -0.2) is 13.1 Å². The van der Waals surface area contributed by atoms with Crippen LogP contribution in [0.1, 0.15) is 40.9 Å². The van der Waals surface area contributed by atoms with Crippen molar-refractivity contribution in [2.75, 3.05) is 0 Å². The second kappa shape index (κ2) is 6.19. The number of carbonyl (C=O) groups is 1. The Kier molecular flexibility index (Phi) is 4.86. The molecule has 0 aromatic carbocycles. The van der Waals surface area contributed by atoms with Gasteiger partial charge < -0.3 is 0 Å². The highest BCUT2D eigenvalue weighted by atomic mass is 32.2. The van der Waals surface area contributed by atoms with Crippen molar-refractivity contribution in [2.24, 2.45) is 5.92 Å². The van der Waals surface area contributed by atoms with Gasteiger partial charge in [0.25, 0.3) is 5.91 Å². The molecule has 1 aromatic rings. The Bertz CT molecular complexity index is 644. The molecule has 4 nitrogen and oxygen atoms in total. The average molecular weight is 355 g/mol. The van der Waals surface area contributed by atoms with Crippen LogP contribution in [0.2, 0.25) is 0 Å². The smallest absolute Gasteiger partial charge is 0.267 e. The van der Waals surface area contributed by atoms with Crippen LogP contribution < -0.4 is 4.72 Å². The van der Waals surface area contributed by atoms with E-state index in [0.717, 1.165) is 16.9 Å². The van der Waals surface area contributed by atoms with Crippen molar-refractivity contribution in [3.8, 4) is 0 Å². The molecule has 2 rings (SSSR count). The number of sulfonamides is 1. The zero-order valence-electron chi connectivity index (χ0n) is 11.8. The molecule has 22 heavy (non-hydrogen) atoms. The number of hydrogen-bond donors (Lipinski definition) is 1. The molecule has 1 aliphatic rings. The number of nitrogens with one attached hydrogen (secondary N) is 1. The lowest BCUT2D eigenvalue weighted by Gasteiger charge is -2.29. The lowest BCUT2D eigenvalue weighted by atomic mass is 9.88. The van der Waals surface area contributed by atoms with Crippen LogP contribution >= 0.6 is 11.3 Å². The molecule has 0 spiro atoms. The number of rotatable bonds is 3. The SMILES string of the molecule is Cc1csc(C(=O)NS(=O)(=O)C2CCC(C(F)(F)F)CC2)c1. The third kappa shape index (κ3) is 4.01. The summed E-state index contributed by atoms with van der Waals surface area (Å²) in [4.78, 5) is 12.1. The Hall–Kier alpha value is -1.09. The summed E-state index contributed by atoms with van der Waals surface area (Å²) in [6, 6.07) is 1.57. The summed E-state index contributed by atoms with van der Waals surface area (Å²) in [7, 11) is -3.95. The number of amides is 1. The monoisotopic (exact) mass is 355 g/mol. The van der Waals surface area contributed by atoms with E-state index in [1.807, 2.05) is 4.72 Å². The highest BCUT2D eigenvalue weighted by Gasteiger charge is 2.43. The Labute approximate surface area is 130 Å². The summed E-state index contributed by atoms with van der Waals surface area (Å²) in [6.07, 6.45) is -4.90. The fourth-order valence-corrected chi connectivity index (χ4v) is 4.80. The summed E-state index contributed by atoms with van der Waals surface area (Å²) in [5.74, 6) is -2.18. The van der Waals surface area contributed by atoms with Crippen molar-refractivity contribution < 1.29 is 26.4 Å². The van der Waals surface area contributed by atoms with E-state index in [0.29, 0.717) is 0 Å². The highest BCUT2D eigenvalue weighted by molar-refractivity contribution is 7.90. The molecule has 0 atom stereocenters. The van der Waals surface area contributed by atoms with E-state index in [1.165, 1.54) is 0 Å². The molecule has 0 aliphatic heterocycles.